The summed E-state index contributed by atoms with van der Waals surface area (Å²) in [6, 6.07) is 2.07. The maximum Gasteiger partial charge on any atom is 0.388 e. The van der Waals surface area contributed by atoms with Gasteiger partial charge in [0.15, 0.2) is 11.6 Å². The van der Waals surface area contributed by atoms with Crippen molar-refractivity contribution in [2.24, 2.45) is 5.16 Å². The van der Waals surface area contributed by atoms with E-state index in [2.05, 4.69) is 15.2 Å². The SMILES string of the molecule is CCSc1nn(C(=O)NOS(=O)c2ncccc2C2=NOCCO2)c(=O)n1OC. The first kappa shape index (κ1) is 20.8. The largest absolute Gasteiger partial charge is 0.471 e. The van der Waals surface area contributed by atoms with E-state index in [4.69, 9.17) is 18.7 Å². The third-order valence-corrected chi connectivity index (χ3v) is 4.96. The first-order valence-electron chi connectivity index (χ1n) is 8.13. The molecule has 2 aromatic heterocycles. The highest BCUT2D eigenvalue weighted by molar-refractivity contribution is 7.99. The van der Waals surface area contributed by atoms with Crippen molar-refractivity contribution in [3.8, 4) is 0 Å². The van der Waals surface area contributed by atoms with Crippen LogP contribution in [-0.4, -0.2) is 61.7 Å². The van der Waals surface area contributed by atoms with Crippen LogP contribution in [0.4, 0.5) is 4.79 Å². The molecule has 0 radical (unpaired) electrons. The van der Waals surface area contributed by atoms with Gasteiger partial charge in [0, 0.05) is 6.20 Å². The summed E-state index contributed by atoms with van der Waals surface area (Å²) in [5.41, 5.74) is 1.32. The summed E-state index contributed by atoms with van der Waals surface area (Å²) in [6.07, 6.45) is 1.38. The first-order valence-corrected chi connectivity index (χ1v) is 10.2. The van der Waals surface area contributed by atoms with Crippen molar-refractivity contribution in [2.75, 3.05) is 26.1 Å². The molecule has 3 heterocycles. The Bertz CT molecular complexity index is 1000. The molecule has 0 aromatic carbocycles. The fourth-order valence-corrected chi connectivity index (χ4v) is 3.49. The molecular weight excluding hydrogens is 428 g/mol. The third-order valence-electron chi connectivity index (χ3n) is 3.29. The summed E-state index contributed by atoms with van der Waals surface area (Å²) >= 11 is -1.05. The van der Waals surface area contributed by atoms with Gasteiger partial charge in [-0.25, -0.2) is 18.8 Å². The number of aromatic nitrogens is 4. The molecule has 13 nitrogen and oxygen atoms in total. The highest BCUT2D eigenvalue weighted by Gasteiger charge is 2.23. The minimum atomic E-state index is -2.25. The van der Waals surface area contributed by atoms with Gasteiger partial charge in [-0.05, 0) is 23.0 Å². The molecule has 3 rings (SSSR count). The first-order chi connectivity index (χ1) is 14.1. The molecule has 1 aliphatic rings. The predicted molar refractivity (Wildman–Crippen MR) is 99.5 cm³/mol. The van der Waals surface area contributed by atoms with Crippen LogP contribution >= 0.6 is 11.8 Å². The van der Waals surface area contributed by atoms with Gasteiger partial charge in [0.2, 0.25) is 16.2 Å². The average Bonchev–Trinajstić information content (AvgIpc) is 3.07. The second-order valence-electron chi connectivity index (χ2n) is 5.05. The number of pyridine rings is 1. The minimum absolute atomic E-state index is 0.0611. The lowest BCUT2D eigenvalue weighted by molar-refractivity contribution is 0.0653. The van der Waals surface area contributed by atoms with E-state index in [9.17, 15) is 13.8 Å². The number of nitrogens with one attached hydrogen (secondary N) is 1. The van der Waals surface area contributed by atoms with E-state index in [-0.39, 0.29) is 34.9 Å². The van der Waals surface area contributed by atoms with Gasteiger partial charge in [-0.3, -0.25) is 0 Å². The molecule has 0 bridgehead atoms. The number of hydrogen-bond acceptors (Lipinski definition) is 11. The van der Waals surface area contributed by atoms with Crippen LogP contribution < -0.4 is 16.0 Å². The zero-order valence-electron chi connectivity index (χ0n) is 15.3. The molecule has 156 valence electrons. The van der Waals surface area contributed by atoms with Crippen LogP contribution in [0.2, 0.25) is 0 Å². The maximum absolute atomic E-state index is 12.5. The standard InChI is InChI=1S/C14H16N6O7S2/c1-3-28-13-16-19(14(22)20(13)24-2)12(21)18-27-29(23)11-9(5-4-6-15-11)10-17-26-8-7-25-10/h4-6H,3,7-8H2,1-2H3,(H,18,21). The highest BCUT2D eigenvalue weighted by Crippen LogP contribution is 2.15. The van der Waals surface area contributed by atoms with Gasteiger partial charge in [0.25, 0.3) is 5.90 Å². The molecule has 0 saturated carbocycles. The normalized spacial score (nSPS) is 14.3. The van der Waals surface area contributed by atoms with Crippen LogP contribution in [-0.2, 0) is 24.9 Å². The summed E-state index contributed by atoms with van der Waals surface area (Å²) in [5.74, 6) is 0.680. The van der Waals surface area contributed by atoms with E-state index in [1.165, 1.54) is 25.1 Å². The number of thioether (sulfide) groups is 1. The lowest BCUT2D eigenvalue weighted by Gasteiger charge is -2.14. The summed E-state index contributed by atoms with van der Waals surface area (Å²) in [4.78, 5) is 38.3. The van der Waals surface area contributed by atoms with Gasteiger partial charge in [-0.1, -0.05) is 18.7 Å². The zero-order chi connectivity index (χ0) is 20.8. The molecule has 2 aromatic rings. The van der Waals surface area contributed by atoms with Gasteiger partial charge >= 0.3 is 11.7 Å². The van der Waals surface area contributed by atoms with Gasteiger partial charge in [-0.2, -0.15) is 9.76 Å². The molecule has 29 heavy (non-hydrogen) atoms. The second kappa shape index (κ2) is 9.53. The summed E-state index contributed by atoms with van der Waals surface area (Å²) in [6.45, 7) is 2.40. The van der Waals surface area contributed by atoms with E-state index in [1.807, 2.05) is 12.4 Å². The van der Waals surface area contributed by atoms with Gasteiger partial charge in [0.05, 0.1) is 5.56 Å². The second-order valence-corrected chi connectivity index (χ2v) is 7.30. The maximum atomic E-state index is 12.5. The number of ether oxygens (including phenoxy) is 1. The molecule has 1 atom stereocenters. The number of rotatable bonds is 7. The highest BCUT2D eigenvalue weighted by atomic mass is 32.2. The lowest BCUT2D eigenvalue weighted by Crippen LogP contribution is -2.39. The Morgan fingerprint density at radius 1 is 1.45 bits per heavy atom. The van der Waals surface area contributed by atoms with Crippen molar-refractivity contribution in [3.63, 3.8) is 0 Å². The van der Waals surface area contributed by atoms with Crippen molar-refractivity contribution >= 4 is 34.8 Å². The molecule has 0 aliphatic carbocycles. The molecule has 0 saturated heterocycles. The van der Waals surface area contributed by atoms with E-state index < -0.39 is 22.8 Å². The van der Waals surface area contributed by atoms with E-state index in [1.54, 1.807) is 12.1 Å². The van der Waals surface area contributed by atoms with Crippen LogP contribution in [0.5, 0.6) is 0 Å². The van der Waals surface area contributed by atoms with Crippen molar-refractivity contribution in [1.82, 2.24) is 25.0 Å². The van der Waals surface area contributed by atoms with Gasteiger partial charge < -0.3 is 14.4 Å². The molecular formula is C14H16N6O7S2. The fourth-order valence-electron chi connectivity index (χ4n) is 2.12. The van der Waals surface area contributed by atoms with E-state index >= 15 is 0 Å². The molecule has 0 spiro atoms. The lowest BCUT2D eigenvalue weighted by atomic mass is 10.3. The van der Waals surface area contributed by atoms with Crippen LogP contribution in [0, 0.1) is 0 Å². The summed E-state index contributed by atoms with van der Waals surface area (Å²) < 4.78 is 24.0. The molecule has 15 heteroatoms. The summed E-state index contributed by atoms with van der Waals surface area (Å²) in [5, 5.41) is 7.71. The monoisotopic (exact) mass is 444 g/mol. The third kappa shape index (κ3) is 4.57. The number of carbonyl (C=O) groups is 1. The Morgan fingerprint density at radius 2 is 2.28 bits per heavy atom. The Morgan fingerprint density at radius 3 is 2.97 bits per heavy atom. The molecule has 1 aliphatic heterocycles. The Labute approximate surface area is 170 Å². The van der Waals surface area contributed by atoms with Crippen LogP contribution in [0.15, 0.2) is 38.5 Å². The topological polar surface area (TPSA) is 148 Å². The summed E-state index contributed by atoms with van der Waals surface area (Å²) in [7, 11) is 1.26. The van der Waals surface area contributed by atoms with Crippen LogP contribution in [0.25, 0.3) is 0 Å². The van der Waals surface area contributed by atoms with E-state index in [0.717, 1.165) is 4.73 Å². The number of hydrogen-bond donors (Lipinski definition) is 1. The Kier molecular flexibility index (Phi) is 6.84. The van der Waals surface area contributed by atoms with Gasteiger partial charge in [0.1, 0.15) is 13.7 Å². The Hall–Kier alpha value is -2.91. The Balaban J connectivity index is 1.74. The number of amides is 1. The number of oxime groups is 1. The number of nitrogens with zero attached hydrogens (tertiary/aromatic N) is 5. The molecule has 1 amide bonds. The van der Waals surface area contributed by atoms with Crippen LogP contribution in [0.1, 0.15) is 12.5 Å². The quantitative estimate of drug-likeness (QED) is 0.439. The van der Waals surface area contributed by atoms with Crippen molar-refractivity contribution in [3.05, 3.63) is 34.4 Å². The molecule has 0 fully saturated rings. The fraction of sp³-hybridized carbons (Fsp3) is 0.357. The van der Waals surface area contributed by atoms with Gasteiger partial charge in [-0.15, -0.1) is 14.5 Å². The average molecular weight is 444 g/mol. The minimum Gasteiger partial charge on any atom is -0.471 e. The molecule has 1 N–H and O–H groups in total. The smallest absolute Gasteiger partial charge is 0.388 e. The predicted octanol–water partition coefficient (Wildman–Crippen LogP) is -0.469. The number of hydroxylamine groups is 1. The van der Waals surface area contributed by atoms with Crippen LogP contribution in [0.3, 0.4) is 0 Å². The molecule has 1 unspecified atom stereocenters. The zero-order valence-corrected chi connectivity index (χ0v) is 16.9. The number of carbonyl (C=O) groups excluding carboxylic acids is 1. The van der Waals surface area contributed by atoms with E-state index in [0.29, 0.717) is 10.4 Å². The van der Waals surface area contributed by atoms with Crippen molar-refractivity contribution < 1.29 is 27.7 Å². The van der Waals surface area contributed by atoms with Crippen molar-refractivity contribution in [2.45, 2.75) is 17.1 Å². The van der Waals surface area contributed by atoms with Crippen molar-refractivity contribution in [1.29, 1.82) is 0 Å².